The lowest BCUT2D eigenvalue weighted by atomic mass is 9.82. The van der Waals surface area contributed by atoms with Crippen LogP contribution >= 0.6 is 12.4 Å². The number of carbonyl (C=O) groups is 1. The summed E-state index contributed by atoms with van der Waals surface area (Å²) in [6, 6.07) is 5.94. The SMILES string of the molecule is Cl.NC1(CNC(=O)c2ccccc2[N+](=O)[O-])CCCCC1. The number of nitrogens with two attached hydrogens (primary N) is 1. The number of carbonyl (C=O) groups excluding carboxylic acids is 1. The van der Waals surface area contributed by atoms with E-state index in [0.717, 1.165) is 25.7 Å². The van der Waals surface area contributed by atoms with E-state index >= 15 is 0 Å². The molecule has 0 spiro atoms. The van der Waals surface area contributed by atoms with Gasteiger partial charge in [-0.1, -0.05) is 31.4 Å². The molecule has 0 heterocycles. The number of para-hydroxylation sites is 1. The number of benzene rings is 1. The van der Waals surface area contributed by atoms with Gasteiger partial charge in [0.05, 0.1) is 4.92 Å². The van der Waals surface area contributed by atoms with Gasteiger partial charge in [-0.3, -0.25) is 14.9 Å². The maximum atomic E-state index is 12.1. The molecule has 6 nitrogen and oxygen atoms in total. The van der Waals surface area contributed by atoms with Crippen molar-refractivity contribution in [1.82, 2.24) is 5.32 Å². The maximum absolute atomic E-state index is 12.1. The Bertz CT molecular complexity index is 516. The number of halogens is 1. The Morgan fingerprint density at radius 3 is 2.52 bits per heavy atom. The normalized spacial score (nSPS) is 16.6. The van der Waals surface area contributed by atoms with Crippen molar-refractivity contribution in [1.29, 1.82) is 0 Å². The van der Waals surface area contributed by atoms with E-state index in [1.54, 1.807) is 12.1 Å². The van der Waals surface area contributed by atoms with Crippen molar-refractivity contribution >= 4 is 24.0 Å². The van der Waals surface area contributed by atoms with Crippen LogP contribution in [-0.4, -0.2) is 22.9 Å². The standard InChI is InChI=1S/C14H19N3O3.ClH/c15-14(8-4-1-5-9-14)10-16-13(18)11-6-2-3-7-12(11)17(19)20;/h2-3,6-7H,1,4-5,8-10,15H2,(H,16,18);1H. The number of rotatable bonds is 4. The van der Waals surface area contributed by atoms with Gasteiger partial charge in [0, 0.05) is 18.2 Å². The second kappa shape index (κ2) is 7.38. The minimum absolute atomic E-state index is 0. The summed E-state index contributed by atoms with van der Waals surface area (Å²) in [6.07, 6.45) is 5.07. The molecule has 0 unspecified atom stereocenters. The summed E-state index contributed by atoms with van der Waals surface area (Å²) >= 11 is 0. The van der Waals surface area contributed by atoms with Gasteiger partial charge in [-0.25, -0.2) is 0 Å². The van der Waals surface area contributed by atoms with Crippen LogP contribution in [0.5, 0.6) is 0 Å². The van der Waals surface area contributed by atoms with Gasteiger partial charge in [0.15, 0.2) is 0 Å². The molecule has 116 valence electrons. The fourth-order valence-electron chi connectivity index (χ4n) is 2.61. The second-order valence-corrected chi connectivity index (χ2v) is 5.38. The minimum atomic E-state index is -0.548. The third-order valence-electron chi connectivity index (χ3n) is 3.80. The van der Waals surface area contributed by atoms with Crippen molar-refractivity contribution < 1.29 is 9.72 Å². The van der Waals surface area contributed by atoms with Crippen LogP contribution in [0.4, 0.5) is 5.69 Å². The van der Waals surface area contributed by atoms with Crippen LogP contribution in [0.25, 0.3) is 0 Å². The number of hydrogen-bond donors (Lipinski definition) is 2. The van der Waals surface area contributed by atoms with Gasteiger partial charge in [-0.2, -0.15) is 0 Å². The molecule has 1 aliphatic rings. The summed E-state index contributed by atoms with van der Waals surface area (Å²) < 4.78 is 0. The maximum Gasteiger partial charge on any atom is 0.282 e. The van der Waals surface area contributed by atoms with Gasteiger partial charge in [-0.05, 0) is 18.9 Å². The topological polar surface area (TPSA) is 98.3 Å². The smallest absolute Gasteiger partial charge is 0.282 e. The molecule has 0 saturated heterocycles. The predicted octanol–water partition coefficient (Wildman–Crippen LogP) is 2.41. The highest BCUT2D eigenvalue weighted by atomic mass is 35.5. The van der Waals surface area contributed by atoms with Crippen molar-refractivity contribution in [3.63, 3.8) is 0 Å². The van der Waals surface area contributed by atoms with Crippen molar-refractivity contribution in [3.05, 3.63) is 39.9 Å². The molecule has 2 rings (SSSR count). The van der Waals surface area contributed by atoms with E-state index in [4.69, 9.17) is 5.73 Å². The Morgan fingerprint density at radius 2 is 1.90 bits per heavy atom. The van der Waals surface area contributed by atoms with E-state index in [-0.39, 0.29) is 29.2 Å². The first-order valence-corrected chi connectivity index (χ1v) is 6.82. The third kappa shape index (κ3) is 4.41. The Morgan fingerprint density at radius 1 is 1.29 bits per heavy atom. The molecule has 1 saturated carbocycles. The van der Waals surface area contributed by atoms with Crippen molar-refractivity contribution in [2.45, 2.75) is 37.6 Å². The van der Waals surface area contributed by atoms with Gasteiger partial charge >= 0.3 is 0 Å². The van der Waals surface area contributed by atoms with Crippen LogP contribution < -0.4 is 11.1 Å². The Kier molecular flexibility index (Phi) is 6.11. The molecule has 3 N–H and O–H groups in total. The molecule has 0 radical (unpaired) electrons. The lowest BCUT2D eigenvalue weighted by Crippen LogP contribution is -2.51. The van der Waals surface area contributed by atoms with Gasteiger partial charge in [0.1, 0.15) is 5.56 Å². The lowest BCUT2D eigenvalue weighted by molar-refractivity contribution is -0.385. The predicted molar refractivity (Wildman–Crippen MR) is 82.7 cm³/mol. The number of nitrogens with one attached hydrogen (secondary N) is 1. The Balaban J connectivity index is 0.00000220. The van der Waals surface area contributed by atoms with Crippen molar-refractivity contribution in [2.75, 3.05) is 6.54 Å². The summed E-state index contributed by atoms with van der Waals surface area (Å²) in [4.78, 5) is 22.4. The first-order chi connectivity index (χ1) is 9.52. The summed E-state index contributed by atoms with van der Waals surface area (Å²) in [5, 5.41) is 13.6. The fraction of sp³-hybridized carbons (Fsp3) is 0.500. The zero-order valence-electron chi connectivity index (χ0n) is 11.7. The van der Waals surface area contributed by atoms with E-state index in [1.807, 2.05) is 0 Å². The van der Waals surface area contributed by atoms with Gasteiger partial charge < -0.3 is 11.1 Å². The van der Waals surface area contributed by atoms with Crippen LogP contribution in [0.1, 0.15) is 42.5 Å². The molecule has 1 amide bonds. The molecule has 1 aliphatic carbocycles. The molecule has 0 bridgehead atoms. The minimum Gasteiger partial charge on any atom is -0.350 e. The van der Waals surface area contributed by atoms with Crippen LogP contribution in [0.15, 0.2) is 24.3 Å². The summed E-state index contributed by atoms with van der Waals surface area (Å²) in [7, 11) is 0. The average molecular weight is 314 g/mol. The zero-order chi connectivity index (χ0) is 14.6. The number of nitro groups is 1. The quantitative estimate of drug-likeness (QED) is 0.658. The largest absolute Gasteiger partial charge is 0.350 e. The summed E-state index contributed by atoms with van der Waals surface area (Å²) in [6.45, 7) is 0.359. The molecule has 1 aromatic rings. The van der Waals surface area contributed by atoms with E-state index in [9.17, 15) is 14.9 Å². The summed E-state index contributed by atoms with van der Waals surface area (Å²) in [5.41, 5.74) is 5.76. The molecule has 1 aromatic carbocycles. The number of nitrogens with zero attached hydrogens (tertiary/aromatic N) is 1. The molecule has 0 aromatic heterocycles. The van der Waals surface area contributed by atoms with Crippen LogP contribution in [0.2, 0.25) is 0 Å². The van der Waals surface area contributed by atoms with Crippen LogP contribution in [-0.2, 0) is 0 Å². The van der Waals surface area contributed by atoms with E-state index in [2.05, 4.69) is 5.32 Å². The highest BCUT2D eigenvalue weighted by Crippen LogP contribution is 2.25. The van der Waals surface area contributed by atoms with E-state index in [0.29, 0.717) is 6.54 Å². The van der Waals surface area contributed by atoms with Gasteiger partial charge in [0.2, 0.25) is 0 Å². The molecule has 1 fully saturated rings. The first kappa shape index (κ1) is 17.4. The Labute approximate surface area is 129 Å². The highest BCUT2D eigenvalue weighted by molar-refractivity contribution is 5.98. The summed E-state index contributed by atoms with van der Waals surface area (Å²) in [5.74, 6) is -0.437. The van der Waals surface area contributed by atoms with Crippen molar-refractivity contribution in [2.24, 2.45) is 5.73 Å². The van der Waals surface area contributed by atoms with E-state index < -0.39 is 10.8 Å². The monoisotopic (exact) mass is 313 g/mol. The average Bonchev–Trinajstić information content (AvgIpc) is 2.45. The van der Waals surface area contributed by atoms with Gasteiger partial charge in [0.25, 0.3) is 11.6 Å². The molecular weight excluding hydrogens is 294 g/mol. The van der Waals surface area contributed by atoms with Gasteiger partial charge in [-0.15, -0.1) is 12.4 Å². The number of amides is 1. The zero-order valence-corrected chi connectivity index (χ0v) is 12.5. The van der Waals surface area contributed by atoms with Crippen molar-refractivity contribution in [3.8, 4) is 0 Å². The van der Waals surface area contributed by atoms with Crippen LogP contribution in [0, 0.1) is 10.1 Å². The molecule has 0 aliphatic heterocycles. The number of nitro benzene ring substituents is 1. The second-order valence-electron chi connectivity index (χ2n) is 5.38. The van der Waals surface area contributed by atoms with Crippen LogP contribution in [0.3, 0.4) is 0 Å². The third-order valence-corrected chi connectivity index (χ3v) is 3.80. The molecular formula is C14H20ClN3O3. The number of hydrogen-bond acceptors (Lipinski definition) is 4. The van der Waals surface area contributed by atoms with E-state index in [1.165, 1.54) is 18.6 Å². The molecule has 21 heavy (non-hydrogen) atoms. The lowest BCUT2D eigenvalue weighted by Gasteiger charge is -2.33. The highest BCUT2D eigenvalue weighted by Gasteiger charge is 2.28. The molecule has 0 atom stereocenters. The fourth-order valence-corrected chi connectivity index (χ4v) is 2.61. The Hall–Kier alpha value is -1.66. The first-order valence-electron chi connectivity index (χ1n) is 6.82. The molecule has 7 heteroatoms.